The topological polar surface area (TPSA) is 58.6 Å². The third kappa shape index (κ3) is 5.66. The molecular formula is C23H25ClF2N2O3S. The minimum Gasteiger partial charge on any atom is -0.489 e. The maximum atomic E-state index is 14.7. The quantitative estimate of drug-likeness (QED) is 0.628. The summed E-state index contributed by atoms with van der Waals surface area (Å²) in [5.74, 6) is -1.06. The van der Waals surface area contributed by atoms with Crippen LogP contribution in [0.5, 0.6) is 5.75 Å². The number of nitrogens with one attached hydrogen (secondary N) is 1. The summed E-state index contributed by atoms with van der Waals surface area (Å²) in [5, 5.41) is 0.396. The zero-order chi connectivity index (χ0) is 22.8. The van der Waals surface area contributed by atoms with Crippen molar-refractivity contribution >= 4 is 28.5 Å². The molecule has 1 saturated heterocycles. The van der Waals surface area contributed by atoms with E-state index >= 15 is 0 Å². The van der Waals surface area contributed by atoms with Gasteiger partial charge in [-0.1, -0.05) is 17.7 Å². The average Bonchev–Trinajstić information content (AvgIpc) is 3.55. The van der Waals surface area contributed by atoms with E-state index in [0.717, 1.165) is 43.4 Å². The Balaban J connectivity index is 1.48. The van der Waals surface area contributed by atoms with E-state index < -0.39 is 22.7 Å². The van der Waals surface area contributed by atoms with E-state index in [1.165, 1.54) is 30.5 Å². The Morgan fingerprint density at radius 1 is 1.25 bits per heavy atom. The van der Waals surface area contributed by atoms with Gasteiger partial charge in [0.1, 0.15) is 34.5 Å². The van der Waals surface area contributed by atoms with Gasteiger partial charge >= 0.3 is 0 Å². The van der Waals surface area contributed by atoms with Crippen LogP contribution in [0, 0.1) is 11.6 Å². The summed E-state index contributed by atoms with van der Waals surface area (Å²) in [6.45, 7) is 2.08. The van der Waals surface area contributed by atoms with Crippen molar-refractivity contribution in [3.05, 3.63) is 63.7 Å². The second-order valence-corrected chi connectivity index (χ2v) is 9.90. The van der Waals surface area contributed by atoms with Crippen LogP contribution in [0.15, 0.2) is 30.3 Å². The highest BCUT2D eigenvalue weighted by atomic mass is 35.5. The molecule has 172 valence electrons. The number of hydrogen-bond donors (Lipinski definition) is 1. The van der Waals surface area contributed by atoms with Gasteiger partial charge in [-0.2, -0.15) is 0 Å². The van der Waals surface area contributed by atoms with Gasteiger partial charge in [-0.15, -0.1) is 0 Å². The number of rotatable bonds is 7. The molecule has 0 radical (unpaired) electrons. The third-order valence-corrected chi connectivity index (χ3v) is 6.59. The van der Waals surface area contributed by atoms with Crippen molar-refractivity contribution in [2.75, 3.05) is 19.3 Å². The molecule has 1 aliphatic heterocycles. The van der Waals surface area contributed by atoms with Crippen LogP contribution in [0.2, 0.25) is 5.02 Å². The van der Waals surface area contributed by atoms with Crippen LogP contribution < -0.4 is 9.46 Å². The van der Waals surface area contributed by atoms with Crippen molar-refractivity contribution in [1.29, 1.82) is 0 Å². The molecule has 2 fully saturated rings. The van der Waals surface area contributed by atoms with Crippen molar-refractivity contribution in [3.63, 3.8) is 0 Å². The summed E-state index contributed by atoms with van der Waals surface area (Å²) in [7, 11) is -1.57. The number of nitrogens with zero attached hydrogens (tertiary/aromatic N) is 1. The highest BCUT2D eigenvalue weighted by Gasteiger charge is 2.31. The summed E-state index contributed by atoms with van der Waals surface area (Å²) >= 11 is 6.18. The Bertz CT molecular complexity index is 1050. The number of halogens is 3. The molecular weight excluding hydrogens is 458 g/mol. The predicted octanol–water partition coefficient (Wildman–Crippen LogP) is 4.56. The van der Waals surface area contributed by atoms with Gasteiger partial charge in [0.2, 0.25) is 0 Å². The van der Waals surface area contributed by atoms with E-state index in [2.05, 4.69) is 9.62 Å². The largest absolute Gasteiger partial charge is 0.489 e. The first kappa shape index (κ1) is 23.1. The first-order chi connectivity index (χ1) is 15.3. The highest BCUT2D eigenvalue weighted by molar-refractivity contribution is 7.82. The molecule has 5 nitrogen and oxygen atoms in total. The fourth-order valence-electron chi connectivity index (χ4n) is 4.07. The molecule has 9 heteroatoms. The number of piperidine rings is 1. The van der Waals surface area contributed by atoms with Crippen LogP contribution in [0.1, 0.15) is 53.1 Å². The zero-order valence-corrected chi connectivity index (χ0v) is 19.3. The monoisotopic (exact) mass is 482 g/mol. The van der Waals surface area contributed by atoms with Crippen LogP contribution in [-0.2, 0) is 17.5 Å². The van der Waals surface area contributed by atoms with Crippen LogP contribution in [0.25, 0.3) is 0 Å². The SMILES string of the molecule is CS(=O)NC(=O)c1cc(C2CC2)c(O[C@@H]2CCCN(Cc3ccc(F)cc3Cl)C2)cc1F. The molecule has 1 heterocycles. The van der Waals surface area contributed by atoms with Crippen molar-refractivity contribution in [1.82, 2.24) is 9.62 Å². The summed E-state index contributed by atoms with van der Waals surface area (Å²) in [4.78, 5) is 14.4. The fraction of sp³-hybridized carbons (Fsp3) is 0.435. The smallest absolute Gasteiger partial charge is 0.265 e. The number of amides is 1. The van der Waals surface area contributed by atoms with Gasteiger partial charge in [0.15, 0.2) is 0 Å². The Morgan fingerprint density at radius 3 is 2.72 bits per heavy atom. The number of benzene rings is 2. The Morgan fingerprint density at radius 2 is 2.03 bits per heavy atom. The van der Waals surface area contributed by atoms with Gasteiger partial charge in [-0.3, -0.25) is 14.4 Å². The van der Waals surface area contributed by atoms with Crippen molar-refractivity contribution in [2.24, 2.45) is 0 Å². The van der Waals surface area contributed by atoms with E-state index in [-0.39, 0.29) is 23.4 Å². The number of carbonyl (C=O) groups is 1. The summed E-state index contributed by atoms with van der Waals surface area (Å²) in [6.07, 6.45) is 4.85. The molecule has 0 aromatic heterocycles. The van der Waals surface area contributed by atoms with E-state index in [0.29, 0.717) is 23.9 Å². The van der Waals surface area contributed by atoms with Crippen LogP contribution in [-0.4, -0.2) is 40.5 Å². The molecule has 1 aliphatic carbocycles. The lowest BCUT2D eigenvalue weighted by atomic mass is 10.0. The maximum Gasteiger partial charge on any atom is 0.265 e. The summed E-state index contributed by atoms with van der Waals surface area (Å²) < 4.78 is 47.8. The van der Waals surface area contributed by atoms with E-state index in [1.54, 1.807) is 6.07 Å². The average molecular weight is 483 g/mol. The molecule has 0 spiro atoms. The zero-order valence-electron chi connectivity index (χ0n) is 17.7. The normalized spacial score (nSPS) is 20.1. The van der Waals surface area contributed by atoms with Gasteiger partial charge in [0, 0.05) is 30.4 Å². The number of carbonyl (C=O) groups excluding carboxylic acids is 1. The van der Waals surface area contributed by atoms with E-state index in [4.69, 9.17) is 16.3 Å². The molecule has 2 aromatic carbocycles. The van der Waals surface area contributed by atoms with Crippen molar-refractivity contribution < 1.29 is 22.5 Å². The predicted molar refractivity (Wildman–Crippen MR) is 120 cm³/mol. The standard InChI is InChI=1S/C23H25ClF2N2O3S/c1-32(30)27-23(29)19-10-18(14-4-5-14)22(11-21(19)26)31-17-3-2-8-28(13-17)12-15-6-7-16(25)9-20(15)24/h6-7,9-11,14,17H,2-5,8,12-13H2,1H3,(H,27,29)/t17-,32?/m1/s1. The summed E-state index contributed by atoms with van der Waals surface area (Å²) in [6, 6.07) is 7.21. The van der Waals surface area contributed by atoms with Gasteiger partial charge in [-0.05, 0) is 67.5 Å². The Labute approximate surface area is 193 Å². The van der Waals surface area contributed by atoms with Gasteiger partial charge in [-0.25, -0.2) is 13.0 Å². The third-order valence-electron chi connectivity index (χ3n) is 5.76. The van der Waals surface area contributed by atoms with Crippen LogP contribution >= 0.6 is 11.6 Å². The number of ether oxygens (including phenoxy) is 1. The van der Waals surface area contributed by atoms with Gasteiger partial charge in [0.25, 0.3) is 5.91 Å². The Kier molecular flexibility index (Phi) is 7.12. The van der Waals surface area contributed by atoms with Gasteiger partial charge in [0.05, 0.1) is 5.56 Å². The lowest BCUT2D eigenvalue weighted by Crippen LogP contribution is -2.40. The van der Waals surface area contributed by atoms with Gasteiger partial charge < -0.3 is 4.74 Å². The molecule has 2 atom stereocenters. The number of likely N-dealkylation sites (tertiary alicyclic amines) is 1. The maximum absolute atomic E-state index is 14.7. The van der Waals surface area contributed by atoms with Crippen molar-refractivity contribution in [3.8, 4) is 5.75 Å². The molecule has 4 rings (SSSR count). The second kappa shape index (κ2) is 9.85. The first-order valence-electron chi connectivity index (χ1n) is 10.6. The molecule has 1 saturated carbocycles. The van der Waals surface area contributed by atoms with E-state index in [1.807, 2.05) is 0 Å². The first-order valence-corrected chi connectivity index (χ1v) is 12.5. The minimum absolute atomic E-state index is 0.120. The lowest BCUT2D eigenvalue weighted by molar-refractivity contribution is 0.0832. The highest BCUT2D eigenvalue weighted by Crippen LogP contribution is 2.45. The van der Waals surface area contributed by atoms with Crippen LogP contribution in [0.3, 0.4) is 0 Å². The molecule has 1 unspecified atom stereocenters. The fourth-order valence-corrected chi connectivity index (χ4v) is 4.67. The minimum atomic E-state index is -1.57. The molecule has 2 aliphatic rings. The molecule has 1 amide bonds. The number of hydrogen-bond acceptors (Lipinski definition) is 4. The second-order valence-electron chi connectivity index (χ2n) is 8.38. The van der Waals surface area contributed by atoms with Crippen molar-refractivity contribution in [2.45, 2.75) is 44.2 Å². The summed E-state index contributed by atoms with van der Waals surface area (Å²) in [5.41, 5.74) is 1.55. The van der Waals surface area contributed by atoms with E-state index in [9.17, 15) is 17.8 Å². The van der Waals surface area contributed by atoms with Crippen LogP contribution in [0.4, 0.5) is 8.78 Å². The molecule has 0 bridgehead atoms. The Hall–Kier alpha value is -2.03. The lowest BCUT2D eigenvalue weighted by Gasteiger charge is -2.33. The molecule has 2 aromatic rings. The molecule has 1 N–H and O–H groups in total. The molecule has 32 heavy (non-hydrogen) atoms.